The molecule has 2 rings (SSSR count). The molecule has 7 nitrogen and oxygen atoms in total. The third-order valence-corrected chi connectivity index (χ3v) is 5.34. The number of hydrogen-bond acceptors (Lipinski definition) is 4. The molecule has 0 aromatic heterocycles. The van der Waals surface area contributed by atoms with Gasteiger partial charge in [-0.2, -0.15) is 0 Å². The normalized spacial score (nSPS) is 12.3. The van der Waals surface area contributed by atoms with Gasteiger partial charge in [-0.25, -0.2) is 17.2 Å². The summed E-state index contributed by atoms with van der Waals surface area (Å²) in [5, 5.41) is 2.53. The third kappa shape index (κ3) is 4.45. The number of amides is 2. The Hall–Kier alpha value is -3.01. The van der Waals surface area contributed by atoms with Crippen LogP contribution in [-0.2, 0) is 14.8 Å². The molecule has 10 heteroatoms. The molecule has 0 aliphatic carbocycles. The number of primary amides is 1. The Morgan fingerprint density at radius 3 is 2.32 bits per heavy atom. The van der Waals surface area contributed by atoms with E-state index in [1.807, 2.05) is 0 Å². The predicted octanol–water partition coefficient (Wildman–Crippen LogP) is 2.17. The number of nitrogens with two attached hydrogens (primary N) is 1. The van der Waals surface area contributed by atoms with Crippen LogP contribution in [0.25, 0.3) is 0 Å². The molecule has 0 radical (unpaired) electrons. The number of carbonyl (C=O) groups is 2. The second-order valence-electron chi connectivity index (χ2n) is 6.16. The zero-order valence-electron chi connectivity index (χ0n) is 15.4. The van der Waals surface area contributed by atoms with Crippen molar-refractivity contribution in [1.29, 1.82) is 0 Å². The highest BCUT2D eigenvalue weighted by Gasteiger charge is 2.30. The summed E-state index contributed by atoms with van der Waals surface area (Å²) in [7, 11) is -4.01. The Balaban J connectivity index is 2.39. The van der Waals surface area contributed by atoms with Crippen LogP contribution in [0, 0.1) is 18.6 Å². The van der Waals surface area contributed by atoms with Gasteiger partial charge in [0, 0.05) is 17.3 Å². The minimum atomic E-state index is -4.01. The molecule has 1 atom stereocenters. The maximum absolute atomic E-state index is 13.6. The molecule has 0 aliphatic rings. The summed E-state index contributed by atoms with van der Waals surface area (Å²) < 4.78 is 51.9. The Morgan fingerprint density at radius 2 is 1.79 bits per heavy atom. The van der Waals surface area contributed by atoms with Crippen molar-refractivity contribution in [3.63, 3.8) is 0 Å². The topological polar surface area (TPSA) is 110 Å². The van der Waals surface area contributed by atoms with Crippen LogP contribution in [0.5, 0.6) is 0 Å². The Kier molecular flexibility index (Phi) is 6.03. The van der Waals surface area contributed by atoms with Gasteiger partial charge in [0.15, 0.2) is 11.6 Å². The zero-order chi connectivity index (χ0) is 21.2. The first kappa shape index (κ1) is 21.3. The lowest BCUT2D eigenvalue weighted by Crippen LogP contribution is -2.45. The molecule has 2 aromatic rings. The number of sulfonamides is 1. The second-order valence-corrected chi connectivity index (χ2v) is 8.02. The van der Waals surface area contributed by atoms with E-state index >= 15 is 0 Å². The largest absolute Gasteiger partial charge is 0.366 e. The van der Waals surface area contributed by atoms with E-state index in [2.05, 4.69) is 5.32 Å². The summed E-state index contributed by atoms with van der Waals surface area (Å²) in [6, 6.07) is 5.75. The smallest absolute Gasteiger partial charge is 0.249 e. The van der Waals surface area contributed by atoms with Crippen molar-refractivity contribution in [3.05, 3.63) is 59.2 Å². The van der Waals surface area contributed by atoms with Gasteiger partial charge in [-0.15, -0.1) is 0 Å². The monoisotopic (exact) mass is 411 g/mol. The number of rotatable bonds is 6. The summed E-state index contributed by atoms with van der Waals surface area (Å²) in [5.74, 6) is -3.81. The molecule has 0 spiro atoms. The van der Waals surface area contributed by atoms with Gasteiger partial charge in [-0.3, -0.25) is 13.9 Å². The molecular weight excluding hydrogens is 392 g/mol. The average Bonchev–Trinajstić information content (AvgIpc) is 2.58. The molecule has 0 saturated carbocycles. The average molecular weight is 411 g/mol. The SMILES string of the molecule is Cc1c(NC(=O)C(C)N(c2ccc(F)c(F)c2)S(C)(=O)=O)cccc1C(N)=O. The minimum absolute atomic E-state index is 0.200. The Morgan fingerprint density at radius 1 is 1.14 bits per heavy atom. The van der Waals surface area contributed by atoms with Crippen LogP contribution in [-0.4, -0.2) is 32.5 Å². The summed E-state index contributed by atoms with van der Waals surface area (Å²) in [5.41, 5.74) is 5.96. The van der Waals surface area contributed by atoms with Gasteiger partial charge in [-0.1, -0.05) is 6.07 Å². The summed E-state index contributed by atoms with van der Waals surface area (Å²) in [6.07, 6.45) is 0.844. The molecule has 28 heavy (non-hydrogen) atoms. The van der Waals surface area contributed by atoms with E-state index in [0.29, 0.717) is 15.9 Å². The molecule has 1 unspecified atom stereocenters. The van der Waals surface area contributed by atoms with Gasteiger partial charge in [0.05, 0.1) is 11.9 Å². The van der Waals surface area contributed by atoms with Crippen LogP contribution in [0.4, 0.5) is 20.2 Å². The first-order valence-electron chi connectivity index (χ1n) is 8.08. The van der Waals surface area contributed by atoms with Gasteiger partial charge in [-0.05, 0) is 43.7 Å². The van der Waals surface area contributed by atoms with Crippen molar-refractivity contribution in [2.75, 3.05) is 15.9 Å². The zero-order valence-corrected chi connectivity index (χ0v) is 16.2. The molecule has 3 N–H and O–H groups in total. The quantitative estimate of drug-likeness (QED) is 0.759. The van der Waals surface area contributed by atoms with Crippen LogP contribution in [0.2, 0.25) is 0 Å². The fraction of sp³-hybridized carbons (Fsp3) is 0.222. The number of carbonyl (C=O) groups excluding carboxylic acids is 2. The molecule has 0 bridgehead atoms. The standard InChI is InChI=1S/C18H19F2N3O4S/c1-10-13(17(21)24)5-4-6-16(10)22-18(25)11(2)23(28(3,26)27)12-7-8-14(19)15(20)9-12/h4-9,11H,1-3H3,(H2,21,24)(H,22,25). The van der Waals surface area contributed by atoms with Crippen LogP contribution >= 0.6 is 0 Å². The highest BCUT2D eigenvalue weighted by molar-refractivity contribution is 7.92. The van der Waals surface area contributed by atoms with Gasteiger partial charge in [0.2, 0.25) is 21.8 Å². The fourth-order valence-electron chi connectivity index (χ4n) is 2.71. The second kappa shape index (κ2) is 7.93. The third-order valence-electron chi connectivity index (χ3n) is 4.10. The van der Waals surface area contributed by atoms with Gasteiger partial charge < -0.3 is 11.1 Å². The molecular formula is C18H19F2N3O4S. The number of halogens is 2. The maximum Gasteiger partial charge on any atom is 0.249 e. The Bertz CT molecular complexity index is 1040. The molecule has 150 valence electrons. The van der Waals surface area contributed by atoms with Crippen LogP contribution < -0.4 is 15.4 Å². The predicted molar refractivity (Wildman–Crippen MR) is 101 cm³/mol. The molecule has 2 aromatic carbocycles. The van der Waals surface area contributed by atoms with E-state index in [-0.39, 0.29) is 16.9 Å². The van der Waals surface area contributed by atoms with E-state index in [0.717, 1.165) is 18.4 Å². The van der Waals surface area contributed by atoms with E-state index in [4.69, 9.17) is 5.73 Å². The first-order chi connectivity index (χ1) is 12.9. The number of benzene rings is 2. The van der Waals surface area contributed by atoms with Crippen molar-refractivity contribution >= 4 is 33.2 Å². The van der Waals surface area contributed by atoms with Crippen molar-refractivity contribution in [3.8, 4) is 0 Å². The highest BCUT2D eigenvalue weighted by atomic mass is 32.2. The fourth-order valence-corrected chi connectivity index (χ4v) is 3.87. The number of hydrogen-bond donors (Lipinski definition) is 2. The van der Waals surface area contributed by atoms with E-state index in [1.54, 1.807) is 6.92 Å². The van der Waals surface area contributed by atoms with E-state index in [1.165, 1.54) is 25.1 Å². The highest BCUT2D eigenvalue weighted by Crippen LogP contribution is 2.25. The molecule has 2 amide bonds. The van der Waals surface area contributed by atoms with Crippen LogP contribution in [0.3, 0.4) is 0 Å². The molecule has 0 aliphatic heterocycles. The lowest BCUT2D eigenvalue weighted by Gasteiger charge is -2.28. The van der Waals surface area contributed by atoms with E-state index in [9.17, 15) is 26.8 Å². The van der Waals surface area contributed by atoms with Crippen molar-refractivity contribution in [2.24, 2.45) is 5.73 Å². The molecule has 0 fully saturated rings. The number of nitrogens with one attached hydrogen (secondary N) is 1. The lowest BCUT2D eigenvalue weighted by atomic mass is 10.1. The summed E-state index contributed by atoms with van der Waals surface area (Å²) >= 11 is 0. The first-order valence-corrected chi connectivity index (χ1v) is 9.93. The molecule has 0 heterocycles. The number of nitrogens with zero attached hydrogens (tertiary/aromatic N) is 1. The lowest BCUT2D eigenvalue weighted by molar-refractivity contribution is -0.116. The van der Waals surface area contributed by atoms with Crippen LogP contribution in [0.15, 0.2) is 36.4 Å². The summed E-state index contributed by atoms with van der Waals surface area (Å²) in [6.45, 7) is 2.87. The van der Waals surface area contributed by atoms with Crippen molar-refractivity contribution in [1.82, 2.24) is 0 Å². The van der Waals surface area contributed by atoms with Gasteiger partial charge >= 0.3 is 0 Å². The van der Waals surface area contributed by atoms with Gasteiger partial charge in [0.1, 0.15) is 6.04 Å². The maximum atomic E-state index is 13.6. The van der Waals surface area contributed by atoms with Crippen molar-refractivity contribution < 1.29 is 26.8 Å². The number of anilines is 2. The van der Waals surface area contributed by atoms with Crippen LogP contribution in [0.1, 0.15) is 22.8 Å². The van der Waals surface area contributed by atoms with E-state index < -0.39 is 39.5 Å². The Labute approximate surface area is 161 Å². The minimum Gasteiger partial charge on any atom is -0.366 e. The molecule has 0 saturated heterocycles. The van der Waals surface area contributed by atoms with Gasteiger partial charge in [0.25, 0.3) is 0 Å². The summed E-state index contributed by atoms with van der Waals surface area (Å²) in [4.78, 5) is 24.1. The van der Waals surface area contributed by atoms with Crippen molar-refractivity contribution in [2.45, 2.75) is 19.9 Å².